The van der Waals surface area contributed by atoms with Crippen LogP contribution in [-0.2, 0) is 13.0 Å². The van der Waals surface area contributed by atoms with Crippen LogP contribution in [0.3, 0.4) is 0 Å². The van der Waals surface area contributed by atoms with Crippen LogP contribution < -0.4 is 5.32 Å². The minimum Gasteiger partial charge on any atom is -0.381 e. The fraction of sp³-hybridized carbons (Fsp3) is 0.389. The number of aromatic nitrogens is 2. The summed E-state index contributed by atoms with van der Waals surface area (Å²) >= 11 is 0. The Bertz CT molecular complexity index is 618. The minimum atomic E-state index is 0.396. The molecule has 1 aliphatic heterocycles. The summed E-state index contributed by atoms with van der Waals surface area (Å²) in [6.45, 7) is 9.62. The molecule has 4 nitrogen and oxygen atoms in total. The highest BCUT2D eigenvalue weighted by molar-refractivity contribution is 5.57. The van der Waals surface area contributed by atoms with Gasteiger partial charge in [0, 0.05) is 31.9 Å². The first kappa shape index (κ1) is 14.9. The SMILES string of the molecule is C=C(NC(C)CCN1CCc2ccccc2C1)c1ccn[nH]1. The van der Waals surface area contributed by atoms with Gasteiger partial charge in [0.2, 0.25) is 0 Å². The molecule has 1 aromatic carbocycles. The number of H-pyrrole nitrogens is 1. The lowest BCUT2D eigenvalue weighted by Gasteiger charge is -2.29. The number of nitrogens with one attached hydrogen (secondary N) is 2. The van der Waals surface area contributed by atoms with E-state index in [9.17, 15) is 0 Å². The van der Waals surface area contributed by atoms with Gasteiger partial charge in [0.25, 0.3) is 0 Å². The van der Waals surface area contributed by atoms with E-state index in [0.29, 0.717) is 6.04 Å². The lowest BCUT2D eigenvalue weighted by molar-refractivity contribution is 0.243. The van der Waals surface area contributed by atoms with Gasteiger partial charge in [-0.2, -0.15) is 5.10 Å². The quantitative estimate of drug-likeness (QED) is 0.861. The van der Waals surface area contributed by atoms with Crippen molar-refractivity contribution in [1.82, 2.24) is 20.4 Å². The lowest BCUT2D eigenvalue weighted by atomic mass is 9.99. The van der Waals surface area contributed by atoms with Crippen molar-refractivity contribution in [2.75, 3.05) is 13.1 Å². The Kier molecular flexibility index (Phi) is 4.59. The molecule has 116 valence electrons. The second-order valence-electron chi connectivity index (χ2n) is 6.08. The van der Waals surface area contributed by atoms with E-state index in [-0.39, 0.29) is 0 Å². The molecule has 2 heterocycles. The molecule has 1 atom stereocenters. The Balaban J connectivity index is 1.46. The first-order valence-corrected chi connectivity index (χ1v) is 7.96. The fourth-order valence-corrected chi connectivity index (χ4v) is 2.99. The topological polar surface area (TPSA) is 44.0 Å². The summed E-state index contributed by atoms with van der Waals surface area (Å²) in [5, 5.41) is 10.3. The van der Waals surface area contributed by atoms with Gasteiger partial charge >= 0.3 is 0 Å². The van der Waals surface area contributed by atoms with Crippen LogP contribution in [-0.4, -0.2) is 34.2 Å². The van der Waals surface area contributed by atoms with Crippen LogP contribution in [0.15, 0.2) is 43.1 Å². The summed E-state index contributed by atoms with van der Waals surface area (Å²) in [6, 6.07) is 11.1. The third-order valence-electron chi connectivity index (χ3n) is 4.33. The summed E-state index contributed by atoms with van der Waals surface area (Å²) in [7, 11) is 0. The third-order valence-corrected chi connectivity index (χ3v) is 4.33. The third kappa shape index (κ3) is 3.57. The largest absolute Gasteiger partial charge is 0.381 e. The lowest BCUT2D eigenvalue weighted by Crippen LogP contribution is -2.35. The zero-order valence-corrected chi connectivity index (χ0v) is 13.2. The molecule has 0 saturated carbocycles. The van der Waals surface area contributed by atoms with Crippen LogP contribution in [0.2, 0.25) is 0 Å². The number of nitrogens with zero attached hydrogens (tertiary/aromatic N) is 2. The number of fused-ring (bicyclic) bond motifs is 1. The Labute approximate surface area is 132 Å². The van der Waals surface area contributed by atoms with E-state index in [1.807, 2.05) is 6.07 Å². The molecule has 22 heavy (non-hydrogen) atoms. The van der Waals surface area contributed by atoms with Crippen molar-refractivity contribution in [2.24, 2.45) is 0 Å². The van der Waals surface area contributed by atoms with Gasteiger partial charge in [0.1, 0.15) is 0 Å². The molecule has 0 amide bonds. The van der Waals surface area contributed by atoms with Crippen LogP contribution in [0, 0.1) is 0 Å². The van der Waals surface area contributed by atoms with Crippen molar-refractivity contribution < 1.29 is 0 Å². The number of hydrogen-bond donors (Lipinski definition) is 2. The molecule has 0 saturated heterocycles. The second-order valence-corrected chi connectivity index (χ2v) is 6.08. The van der Waals surface area contributed by atoms with Crippen LogP contribution >= 0.6 is 0 Å². The van der Waals surface area contributed by atoms with Gasteiger partial charge in [-0.05, 0) is 37.0 Å². The molecule has 0 bridgehead atoms. The predicted molar refractivity (Wildman–Crippen MR) is 90.3 cm³/mol. The summed E-state index contributed by atoms with van der Waals surface area (Å²) in [5.74, 6) is 0. The molecular formula is C18H24N4. The minimum absolute atomic E-state index is 0.396. The summed E-state index contributed by atoms with van der Waals surface area (Å²) < 4.78 is 0. The smallest absolute Gasteiger partial charge is 0.0803 e. The zero-order chi connectivity index (χ0) is 15.4. The van der Waals surface area contributed by atoms with Crippen LogP contribution in [0.1, 0.15) is 30.2 Å². The Hall–Kier alpha value is -2.07. The average Bonchev–Trinajstić information content (AvgIpc) is 3.07. The van der Waals surface area contributed by atoms with Crippen LogP contribution in [0.25, 0.3) is 5.70 Å². The van der Waals surface area contributed by atoms with E-state index in [1.54, 1.807) is 6.20 Å². The number of hydrogen-bond acceptors (Lipinski definition) is 3. The number of rotatable bonds is 6. The predicted octanol–water partition coefficient (Wildman–Crippen LogP) is 2.81. The van der Waals surface area contributed by atoms with Crippen molar-refractivity contribution in [1.29, 1.82) is 0 Å². The summed E-state index contributed by atoms with van der Waals surface area (Å²) in [6.07, 6.45) is 4.02. The highest BCUT2D eigenvalue weighted by Gasteiger charge is 2.16. The fourth-order valence-electron chi connectivity index (χ4n) is 2.99. The molecule has 2 aromatic rings. The molecule has 2 N–H and O–H groups in total. The maximum Gasteiger partial charge on any atom is 0.0803 e. The molecule has 4 heteroatoms. The van der Waals surface area contributed by atoms with Crippen molar-refractivity contribution in [3.8, 4) is 0 Å². The first-order chi connectivity index (χ1) is 10.7. The van der Waals surface area contributed by atoms with E-state index < -0.39 is 0 Å². The van der Waals surface area contributed by atoms with Crippen molar-refractivity contribution in [2.45, 2.75) is 32.4 Å². The number of benzene rings is 1. The van der Waals surface area contributed by atoms with Gasteiger partial charge in [-0.1, -0.05) is 30.8 Å². The number of aromatic amines is 1. The normalized spacial score (nSPS) is 16.0. The standard InChI is InChI=1S/C18H24N4/c1-14(20-15(2)18-7-10-19-21-18)8-11-22-12-9-16-5-3-4-6-17(16)13-22/h3-7,10,14,20H,2,8-9,11-13H2,1H3,(H,19,21). The molecule has 1 aliphatic rings. The van der Waals surface area contributed by atoms with Gasteiger partial charge in [0.05, 0.1) is 11.4 Å². The van der Waals surface area contributed by atoms with Crippen LogP contribution in [0.4, 0.5) is 0 Å². The molecule has 3 rings (SSSR count). The molecule has 0 radical (unpaired) electrons. The van der Waals surface area contributed by atoms with Gasteiger partial charge < -0.3 is 5.32 Å². The van der Waals surface area contributed by atoms with Crippen LogP contribution in [0.5, 0.6) is 0 Å². The first-order valence-electron chi connectivity index (χ1n) is 7.96. The molecular weight excluding hydrogens is 272 g/mol. The molecule has 0 spiro atoms. The van der Waals surface area contributed by atoms with Crippen molar-refractivity contribution in [3.63, 3.8) is 0 Å². The second kappa shape index (κ2) is 6.79. The maximum atomic E-state index is 4.07. The summed E-state index contributed by atoms with van der Waals surface area (Å²) in [5.41, 5.74) is 4.86. The Morgan fingerprint density at radius 3 is 2.95 bits per heavy atom. The van der Waals surface area contributed by atoms with E-state index in [4.69, 9.17) is 0 Å². The van der Waals surface area contributed by atoms with E-state index in [0.717, 1.165) is 37.4 Å². The molecule has 1 unspecified atom stereocenters. The van der Waals surface area contributed by atoms with Gasteiger partial charge in [0.15, 0.2) is 0 Å². The maximum absolute atomic E-state index is 4.07. The highest BCUT2D eigenvalue weighted by Crippen LogP contribution is 2.18. The summed E-state index contributed by atoms with van der Waals surface area (Å²) in [4.78, 5) is 2.54. The monoisotopic (exact) mass is 296 g/mol. The van der Waals surface area contributed by atoms with E-state index in [2.05, 4.69) is 58.2 Å². The van der Waals surface area contributed by atoms with Gasteiger partial charge in [-0.15, -0.1) is 0 Å². The Morgan fingerprint density at radius 2 is 2.18 bits per heavy atom. The van der Waals surface area contributed by atoms with Gasteiger partial charge in [-0.25, -0.2) is 0 Å². The van der Waals surface area contributed by atoms with E-state index >= 15 is 0 Å². The average molecular weight is 296 g/mol. The molecule has 1 aromatic heterocycles. The molecule has 0 aliphatic carbocycles. The van der Waals surface area contributed by atoms with Crippen molar-refractivity contribution in [3.05, 3.63) is 59.9 Å². The van der Waals surface area contributed by atoms with Gasteiger partial charge in [-0.3, -0.25) is 10.00 Å². The Morgan fingerprint density at radius 1 is 1.36 bits per heavy atom. The van der Waals surface area contributed by atoms with E-state index in [1.165, 1.54) is 17.5 Å². The molecule has 0 fully saturated rings. The zero-order valence-electron chi connectivity index (χ0n) is 13.2. The van der Waals surface area contributed by atoms with Crippen molar-refractivity contribution >= 4 is 5.70 Å². The highest BCUT2D eigenvalue weighted by atomic mass is 15.1.